The first-order valence-corrected chi connectivity index (χ1v) is 7.70. The quantitative estimate of drug-likeness (QED) is 0.641. The summed E-state index contributed by atoms with van der Waals surface area (Å²) in [5.74, 6) is -0.0156. The van der Waals surface area contributed by atoms with Crippen LogP contribution in [0.3, 0.4) is 0 Å². The molecule has 0 atom stereocenters. The molecule has 1 aliphatic rings. The van der Waals surface area contributed by atoms with Crippen molar-refractivity contribution in [2.24, 2.45) is 0 Å². The fourth-order valence-corrected chi connectivity index (χ4v) is 2.72. The van der Waals surface area contributed by atoms with E-state index in [-0.39, 0.29) is 5.91 Å². The first-order valence-electron chi connectivity index (χ1n) is 7.70. The van der Waals surface area contributed by atoms with Crippen LogP contribution < -0.4 is 10.6 Å². The molecule has 0 aromatic carbocycles. The monoisotopic (exact) mass is 275 g/mol. The van der Waals surface area contributed by atoms with Gasteiger partial charge in [-0.3, -0.25) is 9.78 Å². The van der Waals surface area contributed by atoms with E-state index in [1.54, 1.807) is 12.3 Å². The Balaban J connectivity index is 1.66. The van der Waals surface area contributed by atoms with Crippen molar-refractivity contribution in [3.8, 4) is 0 Å². The van der Waals surface area contributed by atoms with Crippen molar-refractivity contribution in [2.75, 3.05) is 13.1 Å². The van der Waals surface area contributed by atoms with E-state index in [0.717, 1.165) is 12.2 Å². The molecule has 1 amide bonds. The van der Waals surface area contributed by atoms with E-state index in [2.05, 4.69) is 15.6 Å². The minimum Gasteiger partial charge on any atom is -0.351 e. The molecule has 1 aromatic heterocycles. The maximum absolute atomic E-state index is 11.9. The van der Waals surface area contributed by atoms with Crippen LogP contribution in [0.25, 0.3) is 0 Å². The number of carbonyl (C=O) groups is 1. The van der Waals surface area contributed by atoms with Gasteiger partial charge in [0.1, 0.15) is 0 Å². The van der Waals surface area contributed by atoms with Crippen LogP contribution in [0.2, 0.25) is 0 Å². The number of aromatic nitrogens is 1. The summed E-state index contributed by atoms with van der Waals surface area (Å²) in [6.45, 7) is 3.42. The molecule has 4 heteroatoms. The predicted octanol–water partition coefficient (Wildman–Crippen LogP) is 2.43. The van der Waals surface area contributed by atoms with Crippen molar-refractivity contribution in [2.45, 2.75) is 51.5 Å². The molecule has 0 spiro atoms. The molecule has 1 aromatic rings. The summed E-state index contributed by atoms with van der Waals surface area (Å²) in [4.78, 5) is 16.0. The number of pyridine rings is 1. The molecule has 4 nitrogen and oxygen atoms in total. The summed E-state index contributed by atoms with van der Waals surface area (Å²) < 4.78 is 0. The van der Waals surface area contributed by atoms with E-state index in [0.29, 0.717) is 18.2 Å². The molecular formula is C16H25N3O. The minimum atomic E-state index is -0.0156. The van der Waals surface area contributed by atoms with Gasteiger partial charge < -0.3 is 10.6 Å². The molecule has 1 fully saturated rings. The number of aryl methyl sites for hydroxylation is 1. The third kappa shape index (κ3) is 4.93. The molecule has 0 bridgehead atoms. The van der Waals surface area contributed by atoms with Crippen molar-refractivity contribution in [3.05, 3.63) is 29.6 Å². The van der Waals surface area contributed by atoms with E-state index in [1.807, 2.05) is 13.0 Å². The molecule has 0 aliphatic heterocycles. The van der Waals surface area contributed by atoms with Crippen LogP contribution in [-0.4, -0.2) is 30.0 Å². The molecule has 0 unspecified atom stereocenters. The molecule has 1 saturated carbocycles. The lowest BCUT2D eigenvalue weighted by atomic mass is 10.1. The number of rotatable bonds is 5. The zero-order valence-electron chi connectivity index (χ0n) is 12.3. The standard InChI is InChI=1S/C16H25N3O/c1-13-12-14(8-9-17-13)16(20)19-11-10-18-15-6-4-2-3-5-7-15/h8-9,12,15,18H,2-7,10-11H2,1H3,(H,19,20). The Hall–Kier alpha value is -1.42. The van der Waals surface area contributed by atoms with Crippen LogP contribution in [0, 0.1) is 6.92 Å². The summed E-state index contributed by atoms with van der Waals surface area (Å²) in [7, 11) is 0. The smallest absolute Gasteiger partial charge is 0.251 e. The van der Waals surface area contributed by atoms with Crippen LogP contribution in [0.4, 0.5) is 0 Å². The van der Waals surface area contributed by atoms with Gasteiger partial charge in [0.15, 0.2) is 0 Å². The number of nitrogens with zero attached hydrogens (tertiary/aromatic N) is 1. The van der Waals surface area contributed by atoms with Gasteiger partial charge in [0, 0.05) is 36.6 Å². The van der Waals surface area contributed by atoms with Gasteiger partial charge in [0.2, 0.25) is 0 Å². The molecule has 20 heavy (non-hydrogen) atoms. The maximum atomic E-state index is 11.9. The van der Waals surface area contributed by atoms with Gasteiger partial charge in [-0.2, -0.15) is 0 Å². The molecule has 2 N–H and O–H groups in total. The van der Waals surface area contributed by atoms with Crippen molar-refractivity contribution >= 4 is 5.91 Å². The zero-order chi connectivity index (χ0) is 14.2. The van der Waals surface area contributed by atoms with Crippen LogP contribution in [0.1, 0.15) is 54.6 Å². The van der Waals surface area contributed by atoms with Gasteiger partial charge in [-0.25, -0.2) is 0 Å². The van der Waals surface area contributed by atoms with E-state index in [9.17, 15) is 4.79 Å². The third-order valence-corrected chi connectivity index (χ3v) is 3.86. The Morgan fingerprint density at radius 2 is 2.00 bits per heavy atom. The predicted molar refractivity (Wildman–Crippen MR) is 80.8 cm³/mol. The summed E-state index contributed by atoms with van der Waals surface area (Å²) in [6, 6.07) is 4.20. The van der Waals surface area contributed by atoms with Crippen LogP contribution in [-0.2, 0) is 0 Å². The fourth-order valence-electron chi connectivity index (χ4n) is 2.72. The van der Waals surface area contributed by atoms with Crippen LogP contribution in [0.15, 0.2) is 18.3 Å². The summed E-state index contributed by atoms with van der Waals surface area (Å²) in [5, 5.41) is 6.50. The highest BCUT2D eigenvalue weighted by Gasteiger charge is 2.11. The normalized spacial score (nSPS) is 16.6. The molecule has 0 radical (unpaired) electrons. The van der Waals surface area contributed by atoms with E-state index < -0.39 is 0 Å². The van der Waals surface area contributed by atoms with Gasteiger partial charge in [0.05, 0.1) is 0 Å². The highest BCUT2D eigenvalue weighted by Crippen LogP contribution is 2.16. The lowest BCUT2D eigenvalue weighted by Crippen LogP contribution is -2.36. The Labute approximate surface area is 121 Å². The minimum absolute atomic E-state index is 0.0156. The number of carbonyl (C=O) groups excluding carboxylic acids is 1. The second kappa shape index (κ2) is 8.00. The second-order valence-corrected chi connectivity index (χ2v) is 5.58. The summed E-state index contributed by atoms with van der Waals surface area (Å²) >= 11 is 0. The molecule has 110 valence electrons. The topological polar surface area (TPSA) is 54.0 Å². The van der Waals surface area contributed by atoms with Crippen molar-refractivity contribution in [3.63, 3.8) is 0 Å². The molecular weight excluding hydrogens is 250 g/mol. The highest BCUT2D eigenvalue weighted by molar-refractivity contribution is 5.94. The maximum Gasteiger partial charge on any atom is 0.251 e. The molecule has 2 rings (SSSR count). The Morgan fingerprint density at radius 1 is 1.25 bits per heavy atom. The Morgan fingerprint density at radius 3 is 2.70 bits per heavy atom. The molecule has 0 saturated heterocycles. The first-order chi connectivity index (χ1) is 9.75. The molecule has 1 heterocycles. The van der Waals surface area contributed by atoms with Gasteiger partial charge >= 0.3 is 0 Å². The largest absolute Gasteiger partial charge is 0.351 e. The zero-order valence-corrected chi connectivity index (χ0v) is 12.3. The van der Waals surface area contributed by atoms with Gasteiger partial charge in [-0.1, -0.05) is 25.7 Å². The summed E-state index contributed by atoms with van der Waals surface area (Å²) in [5.41, 5.74) is 1.56. The Bertz CT molecular complexity index is 425. The number of nitrogens with one attached hydrogen (secondary N) is 2. The van der Waals surface area contributed by atoms with E-state index in [4.69, 9.17) is 0 Å². The lowest BCUT2D eigenvalue weighted by molar-refractivity contribution is 0.0953. The van der Waals surface area contributed by atoms with E-state index >= 15 is 0 Å². The van der Waals surface area contributed by atoms with Crippen molar-refractivity contribution in [1.82, 2.24) is 15.6 Å². The van der Waals surface area contributed by atoms with Crippen molar-refractivity contribution < 1.29 is 4.79 Å². The number of amides is 1. The van der Waals surface area contributed by atoms with Crippen LogP contribution in [0.5, 0.6) is 0 Å². The van der Waals surface area contributed by atoms with Gasteiger partial charge in [-0.15, -0.1) is 0 Å². The van der Waals surface area contributed by atoms with Crippen molar-refractivity contribution in [1.29, 1.82) is 0 Å². The van der Waals surface area contributed by atoms with E-state index in [1.165, 1.54) is 38.5 Å². The molecule has 1 aliphatic carbocycles. The second-order valence-electron chi connectivity index (χ2n) is 5.58. The number of hydrogen-bond donors (Lipinski definition) is 2. The lowest BCUT2D eigenvalue weighted by Gasteiger charge is -2.16. The van der Waals surface area contributed by atoms with Gasteiger partial charge in [0.25, 0.3) is 5.91 Å². The summed E-state index contributed by atoms with van der Waals surface area (Å²) in [6.07, 6.45) is 9.64. The fraction of sp³-hybridized carbons (Fsp3) is 0.625. The third-order valence-electron chi connectivity index (χ3n) is 3.86. The first kappa shape index (κ1) is 15.0. The van der Waals surface area contributed by atoms with Gasteiger partial charge in [-0.05, 0) is 31.9 Å². The SMILES string of the molecule is Cc1cc(C(=O)NCCNC2CCCCCC2)ccn1. The average molecular weight is 275 g/mol. The highest BCUT2D eigenvalue weighted by atomic mass is 16.1. The average Bonchev–Trinajstić information content (AvgIpc) is 2.72. The van der Waals surface area contributed by atoms with Crippen LogP contribution >= 0.6 is 0 Å². The number of hydrogen-bond acceptors (Lipinski definition) is 3. The Kier molecular flexibility index (Phi) is 5.99.